The van der Waals surface area contributed by atoms with Gasteiger partial charge in [0, 0.05) is 136 Å². The number of carbonyl (C=O) groups is 16. The molecule has 3 saturated carbocycles. The Morgan fingerprint density at radius 3 is 1.34 bits per heavy atom. The van der Waals surface area contributed by atoms with Gasteiger partial charge in [0.2, 0.25) is 0 Å². The summed E-state index contributed by atoms with van der Waals surface area (Å²) in [6.07, 6.45) is 14.4. The minimum Gasteiger partial charge on any atom is -0.542 e. The van der Waals surface area contributed by atoms with Crippen LogP contribution in [-0.2, 0) is 119 Å². The second-order valence-corrected chi connectivity index (χ2v) is 29.9. The lowest BCUT2D eigenvalue weighted by Gasteiger charge is -2.33. The Morgan fingerprint density at radius 2 is 0.950 bits per heavy atom. The molecule has 7 heterocycles. The number of quaternary nitrogens is 1. The van der Waals surface area contributed by atoms with E-state index in [0.717, 1.165) is 77.7 Å². The van der Waals surface area contributed by atoms with Crippen molar-refractivity contribution in [2.75, 3.05) is 102 Å². The first-order chi connectivity index (χ1) is 56.4. The predicted molar refractivity (Wildman–Crippen MR) is 400 cm³/mol. The van der Waals surface area contributed by atoms with Gasteiger partial charge in [-0.1, -0.05) is 12.2 Å². The van der Waals surface area contributed by atoms with Crippen molar-refractivity contribution < 1.29 is 162 Å². The van der Waals surface area contributed by atoms with E-state index < -0.39 is 78.3 Å². The Bertz CT molecular complexity index is 3380. The van der Waals surface area contributed by atoms with E-state index >= 15 is 0 Å². The Morgan fingerprint density at radius 1 is 0.563 bits per heavy atom. The van der Waals surface area contributed by atoms with E-state index in [2.05, 4.69) is 67.4 Å². The number of unbranched alkanes of at least 4 members (excludes halogenated alkanes) is 2. The van der Waals surface area contributed by atoms with Gasteiger partial charge >= 0.3 is 54.4 Å². The topological polar surface area (TPSA) is 531 Å². The third kappa shape index (κ3) is 38.1. The van der Waals surface area contributed by atoms with Gasteiger partial charge in [0.05, 0.1) is 37.5 Å². The first-order valence-electron chi connectivity index (χ1n) is 39.2. The number of nitrogens with two attached hydrogens (primary N) is 1. The maximum Gasteiger partial charge on any atom is 0.430 e. The van der Waals surface area contributed by atoms with Crippen LogP contribution in [0.1, 0.15) is 162 Å². The molecule has 0 aromatic heterocycles. The number of hydroxylamine groups is 2. The van der Waals surface area contributed by atoms with Gasteiger partial charge in [-0.25, -0.2) is 24.0 Å². The maximum atomic E-state index is 13.0. The van der Waals surface area contributed by atoms with Crippen LogP contribution in [0.25, 0.3) is 0 Å². The molecular formula is C76H115F3N10O30. The minimum atomic E-state index is -5.19. The molecule has 4 saturated heterocycles. The average molecular weight is 1710 g/mol. The Labute approximate surface area is 686 Å². The number of rotatable bonds is 29. The molecule has 670 valence electrons. The highest BCUT2D eigenvalue weighted by Crippen LogP contribution is 2.44. The Hall–Kier alpha value is -9.63. The molecule has 40 nitrogen and oxygen atoms in total. The molecule has 10 rings (SSSR count). The normalized spacial score (nSPS) is 23.9. The minimum absolute atomic E-state index is 0.0507. The molecule has 6 unspecified atom stereocenters. The molecular weight excluding hydrogens is 1590 g/mol. The van der Waals surface area contributed by atoms with Crippen LogP contribution in [0.15, 0.2) is 36.5 Å². The van der Waals surface area contributed by atoms with E-state index in [1.54, 1.807) is 0 Å². The van der Waals surface area contributed by atoms with Gasteiger partial charge in [-0.15, -0.1) is 5.06 Å². The third-order valence-corrected chi connectivity index (χ3v) is 19.5. The van der Waals surface area contributed by atoms with Crippen LogP contribution in [0.3, 0.4) is 0 Å². The van der Waals surface area contributed by atoms with Gasteiger partial charge in [0.1, 0.15) is 29.4 Å². The number of ether oxygens (including phenoxy) is 12. The molecule has 0 spiro atoms. The van der Waals surface area contributed by atoms with Gasteiger partial charge in [-0.05, 0) is 142 Å². The lowest BCUT2D eigenvalue weighted by atomic mass is 9.81. The molecule has 0 radical (unpaired) electrons. The predicted octanol–water partition coefficient (Wildman–Crippen LogP) is 2.01. The molecule has 7 fully saturated rings. The fourth-order valence-electron chi connectivity index (χ4n) is 13.4. The van der Waals surface area contributed by atoms with Gasteiger partial charge in [-0.2, -0.15) is 13.2 Å². The second-order valence-electron chi connectivity index (χ2n) is 29.9. The summed E-state index contributed by atoms with van der Waals surface area (Å²) < 4.78 is 89.3. The van der Waals surface area contributed by atoms with E-state index in [0.29, 0.717) is 93.8 Å². The number of halogens is 3. The molecule has 119 heavy (non-hydrogen) atoms. The van der Waals surface area contributed by atoms with Crippen molar-refractivity contribution in [1.82, 2.24) is 41.0 Å². The number of nitrogens with one attached hydrogen (secondary N) is 4. The SMILES string of the molecule is CC(C)(C)OC(=O)CC1CCC(N)CC1.CN1CCOCC1.COCOC(=O)NCCCCC(NC(=O)OCOC)C(=O)CC1CCC(N2C(=O)C=CC2=O)CC1.COCOC(=O)NCCCCC(NC(=O)OCOC)C(=O)ON1C(=O)CCC1=O.O=C([O-])C(F)(F)F.O=C1OC(=O)C2C3C=CC(O3)C12.[NH3+]C1CCC(N2C(=O)C=CC2=O)CC1. The summed E-state index contributed by atoms with van der Waals surface area (Å²) in [5, 5.41) is 19.1. The van der Waals surface area contributed by atoms with Crippen LogP contribution < -0.4 is 37.8 Å². The number of esters is 3. The molecule has 10 amide bonds. The number of nitrogens with zero attached hydrogens (tertiary/aromatic N) is 4. The van der Waals surface area contributed by atoms with Crippen molar-refractivity contribution in [3.8, 4) is 0 Å². The van der Waals surface area contributed by atoms with Crippen molar-refractivity contribution in [3.05, 3.63) is 36.5 Å². The largest absolute Gasteiger partial charge is 0.542 e. The highest BCUT2D eigenvalue weighted by atomic mass is 19.4. The standard InChI is InChI=1S/C23H35N3O9.C16H25N3O10.C12H23NO2.C10H14N2O2.C8H6O4.C5H11NO.C2HF3O2/c1-32-14-34-22(30)24-12-4-3-5-18(25-23(31)35-15-33-2)19(27)13-16-6-8-17(9-7-16)26-20(28)10-11-21(26)29;1-25-9-27-15(23)17-8-4-3-5-11(18-16(24)28-10-26-2)14(22)29-19-12(20)6-7-13(19)21;1-12(2,3)15-11(14)8-9-4-6-10(13)7-5-9;11-7-1-3-8(4-2-7)12-9(13)5-6-10(12)14;9-7-5-3-1-2-4(11-3)6(5)8(10)12-7;1-6-2-4-7-5-3-6;3-2(4,5)1(6)7/h10-11,16-18H,3-9,12-15H2,1-2H3,(H,24,30)(H,25,31);11H,3-10H2,1-2H3,(H,17,23)(H,18,24);9-10H,4-8,13H2,1-3H3;5-8H,1-4,11H2;1-6H;2-5H2,1H3;(H,6,7). The number of carboxylic acids is 1. The quantitative estimate of drug-likeness (QED) is 0.0119. The number of hydrogen-bond acceptors (Lipinski definition) is 32. The molecule has 7 aliphatic heterocycles. The number of fused-ring (bicyclic) bond motifs is 5. The number of cyclic esters (lactones) is 2. The van der Waals surface area contributed by atoms with Crippen molar-refractivity contribution in [2.45, 2.75) is 222 Å². The first-order valence-corrected chi connectivity index (χ1v) is 39.2. The zero-order valence-corrected chi connectivity index (χ0v) is 68.5. The van der Waals surface area contributed by atoms with E-state index in [9.17, 15) is 85.1 Å². The molecule has 43 heteroatoms. The van der Waals surface area contributed by atoms with Crippen molar-refractivity contribution >= 4 is 95.4 Å². The summed E-state index contributed by atoms with van der Waals surface area (Å²) >= 11 is 0. The summed E-state index contributed by atoms with van der Waals surface area (Å²) in [7, 11) is 7.60. The number of amides is 10. The molecule has 2 bridgehead atoms. The Balaban J connectivity index is 0.000000313. The van der Waals surface area contributed by atoms with Crippen LogP contribution >= 0.6 is 0 Å². The molecule has 10 aliphatic rings. The number of carbonyl (C=O) groups excluding carboxylic acids is 16. The van der Waals surface area contributed by atoms with Crippen LogP contribution in [0.5, 0.6) is 0 Å². The number of likely N-dealkylation sites (N-methyl/N-ethyl adjacent to an activating group) is 1. The Kier molecular flexibility index (Phi) is 45.4. The van der Waals surface area contributed by atoms with Crippen molar-refractivity contribution in [2.24, 2.45) is 29.4 Å². The average Bonchev–Trinajstić information content (AvgIpc) is 1.59. The van der Waals surface area contributed by atoms with Crippen molar-refractivity contribution in [3.63, 3.8) is 0 Å². The van der Waals surface area contributed by atoms with Crippen LogP contribution in [-0.4, -0.2) is 277 Å². The van der Waals surface area contributed by atoms with Crippen LogP contribution in [0, 0.1) is 23.7 Å². The second kappa shape index (κ2) is 53.1. The highest BCUT2D eigenvalue weighted by molar-refractivity contribution is 6.14. The zero-order chi connectivity index (χ0) is 88.4. The molecule has 6 atom stereocenters. The van der Waals surface area contributed by atoms with Gasteiger partial charge in [0.15, 0.2) is 33.0 Å². The van der Waals surface area contributed by atoms with E-state index in [-0.39, 0.29) is 142 Å². The van der Waals surface area contributed by atoms with E-state index in [4.69, 9.17) is 48.9 Å². The number of hydrogen-bond donors (Lipinski definition) is 6. The molecule has 9 N–H and O–H groups in total. The molecule has 0 aromatic rings. The number of methoxy groups -OCH3 is 4. The summed E-state index contributed by atoms with van der Waals surface area (Å²) in [5.74, 6) is -7.31. The van der Waals surface area contributed by atoms with Gasteiger partial charge < -0.3 is 109 Å². The number of alkyl carbamates (subject to hydrolysis) is 4. The highest BCUT2D eigenvalue weighted by Gasteiger charge is 2.59. The lowest BCUT2D eigenvalue weighted by Crippen LogP contribution is -2.63. The fourth-order valence-corrected chi connectivity index (χ4v) is 13.4. The number of Topliss-reactive ketones (excluding diaryl/α,β-unsaturated/α-hetero) is 1. The van der Waals surface area contributed by atoms with E-state index in [1.165, 1.54) is 62.5 Å². The molecule has 0 aromatic carbocycles. The summed E-state index contributed by atoms with van der Waals surface area (Å²) in [6, 6.07) is -1.10. The summed E-state index contributed by atoms with van der Waals surface area (Å²) in [4.78, 5) is 194. The monoisotopic (exact) mass is 1700 g/mol. The van der Waals surface area contributed by atoms with Crippen LogP contribution in [0.4, 0.5) is 32.3 Å². The maximum absolute atomic E-state index is 13.0. The zero-order valence-electron chi connectivity index (χ0n) is 68.5. The van der Waals surface area contributed by atoms with Crippen LogP contribution in [0.2, 0.25) is 0 Å². The molecule has 3 aliphatic carbocycles. The van der Waals surface area contributed by atoms with E-state index in [1.807, 2.05) is 32.9 Å². The van der Waals surface area contributed by atoms with Gasteiger partial charge in [0.25, 0.3) is 35.4 Å². The first kappa shape index (κ1) is 102. The summed E-state index contributed by atoms with van der Waals surface area (Å²) in [5.41, 5.74) is 9.45. The fraction of sp³-hybridized carbons (Fsp3) is 0.711. The smallest absolute Gasteiger partial charge is 0.430 e. The lowest BCUT2D eigenvalue weighted by molar-refractivity contribution is -0.426. The van der Waals surface area contributed by atoms with Gasteiger partial charge in [-0.3, -0.25) is 57.7 Å². The number of alkyl halides is 3. The number of imide groups is 3. The number of morpholine rings is 1. The number of ketones is 1. The summed E-state index contributed by atoms with van der Waals surface area (Å²) in [6.45, 7) is 9.46. The van der Waals surface area contributed by atoms with Crippen molar-refractivity contribution in [1.29, 1.82) is 0 Å². The third-order valence-electron chi connectivity index (χ3n) is 19.5. The number of aliphatic carboxylic acids is 1. The number of carboxylic acid groups (broad SMARTS) is 1.